The number of carbonyl (C=O) groups is 1. The summed E-state index contributed by atoms with van der Waals surface area (Å²) in [5, 5.41) is 7.14. The number of hydrogen-bond donors (Lipinski definition) is 1. The zero-order valence-corrected chi connectivity index (χ0v) is 12.0. The molecule has 0 saturated heterocycles. The van der Waals surface area contributed by atoms with Gasteiger partial charge in [-0.05, 0) is 25.0 Å². The first-order chi connectivity index (χ1) is 9.75. The molecule has 0 fully saturated rings. The van der Waals surface area contributed by atoms with Crippen molar-refractivity contribution in [3.8, 4) is 0 Å². The number of benzene rings is 1. The van der Waals surface area contributed by atoms with E-state index in [1.807, 2.05) is 30.8 Å². The highest BCUT2D eigenvalue weighted by Gasteiger charge is 2.24. The number of nitrogens with zero attached hydrogens (tertiary/aromatic N) is 3. The molecule has 1 aromatic carbocycles. The summed E-state index contributed by atoms with van der Waals surface area (Å²) in [4.78, 5) is 17.5. The molecule has 0 saturated carbocycles. The summed E-state index contributed by atoms with van der Waals surface area (Å²) in [6, 6.07) is 8.00. The van der Waals surface area contributed by atoms with Gasteiger partial charge in [0.2, 0.25) is 5.91 Å². The molecule has 0 spiro atoms. The van der Waals surface area contributed by atoms with Gasteiger partial charge in [-0.2, -0.15) is 5.10 Å². The minimum atomic E-state index is -0.348. The van der Waals surface area contributed by atoms with Gasteiger partial charge in [0, 0.05) is 10.6 Å². The minimum absolute atomic E-state index is 0.0257. The van der Waals surface area contributed by atoms with Crippen molar-refractivity contribution in [1.29, 1.82) is 0 Å². The zero-order chi connectivity index (χ0) is 13.9. The van der Waals surface area contributed by atoms with Crippen LogP contribution < -0.4 is 5.32 Å². The van der Waals surface area contributed by atoms with Gasteiger partial charge in [0.15, 0.2) is 0 Å². The molecular formula is C14H16N4OS. The Bertz CT molecular complexity index is 599. The van der Waals surface area contributed by atoms with E-state index in [1.54, 1.807) is 11.0 Å². The molecule has 104 valence electrons. The van der Waals surface area contributed by atoms with Crippen molar-refractivity contribution in [1.82, 2.24) is 20.1 Å². The maximum atomic E-state index is 12.3. The van der Waals surface area contributed by atoms with Crippen LogP contribution >= 0.6 is 11.8 Å². The molecule has 2 aromatic rings. The van der Waals surface area contributed by atoms with Gasteiger partial charge in [0.1, 0.15) is 18.7 Å². The quantitative estimate of drug-likeness (QED) is 0.940. The van der Waals surface area contributed by atoms with Gasteiger partial charge >= 0.3 is 0 Å². The maximum absolute atomic E-state index is 12.3. The number of aromatic nitrogens is 3. The molecule has 1 aromatic heterocycles. The highest BCUT2D eigenvalue weighted by molar-refractivity contribution is 7.99. The second kappa shape index (κ2) is 5.66. The first-order valence-electron chi connectivity index (χ1n) is 6.62. The molecular weight excluding hydrogens is 272 g/mol. The summed E-state index contributed by atoms with van der Waals surface area (Å²) >= 11 is 1.85. The van der Waals surface area contributed by atoms with Crippen LogP contribution in [0.4, 0.5) is 0 Å². The van der Waals surface area contributed by atoms with Crippen molar-refractivity contribution < 1.29 is 4.79 Å². The van der Waals surface area contributed by atoms with Gasteiger partial charge in [-0.15, -0.1) is 11.8 Å². The van der Waals surface area contributed by atoms with E-state index in [0.29, 0.717) is 0 Å². The molecule has 2 atom stereocenters. The zero-order valence-electron chi connectivity index (χ0n) is 11.2. The van der Waals surface area contributed by atoms with E-state index in [4.69, 9.17) is 0 Å². The lowest BCUT2D eigenvalue weighted by atomic mass is 10.0. The van der Waals surface area contributed by atoms with Crippen molar-refractivity contribution in [3.05, 3.63) is 42.5 Å². The Hall–Kier alpha value is -1.82. The lowest BCUT2D eigenvalue weighted by Crippen LogP contribution is -2.35. The number of fused-ring (bicyclic) bond motifs is 1. The highest BCUT2D eigenvalue weighted by atomic mass is 32.2. The third-order valence-corrected chi connectivity index (χ3v) is 4.61. The molecule has 2 heterocycles. The molecule has 3 rings (SSSR count). The Kier molecular flexibility index (Phi) is 3.73. The number of thioether (sulfide) groups is 1. The Balaban J connectivity index is 1.74. The van der Waals surface area contributed by atoms with Crippen LogP contribution in [0.15, 0.2) is 41.8 Å². The summed E-state index contributed by atoms with van der Waals surface area (Å²) in [6.45, 7) is 1.83. The highest BCUT2D eigenvalue weighted by Crippen LogP contribution is 2.35. The third-order valence-electron chi connectivity index (χ3n) is 3.49. The number of rotatable bonds is 3. The predicted molar refractivity (Wildman–Crippen MR) is 77.4 cm³/mol. The summed E-state index contributed by atoms with van der Waals surface area (Å²) in [7, 11) is 0. The van der Waals surface area contributed by atoms with Gasteiger partial charge < -0.3 is 5.32 Å². The fourth-order valence-corrected chi connectivity index (χ4v) is 3.45. The second-order valence-electron chi connectivity index (χ2n) is 4.79. The van der Waals surface area contributed by atoms with Crippen molar-refractivity contribution in [2.24, 2.45) is 0 Å². The van der Waals surface area contributed by atoms with Gasteiger partial charge in [-0.3, -0.25) is 4.79 Å². The Labute approximate surface area is 121 Å². The van der Waals surface area contributed by atoms with Gasteiger partial charge in [0.25, 0.3) is 0 Å². The van der Waals surface area contributed by atoms with Gasteiger partial charge in [0.05, 0.1) is 6.04 Å². The van der Waals surface area contributed by atoms with E-state index >= 15 is 0 Å². The summed E-state index contributed by atoms with van der Waals surface area (Å²) in [5.74, 6) is 1.00. The fourth-order valence-electron chi connectivity index (χ4n) is 2.32. The molecule has 1 aliphatic rings. The van der Waals surface area contributed by atoms with E-state index in [0.717, 1.165) is 12.2 Å². The van der Waals surface area contributed by atoms with Crippen LogP contribution in [-0.4, -0.2) is 26.4 Å². The molecule has 5 nitrogen and oxygen atoms in total. The van der Waals surface area contributed by atoms with Gasteiger partial charge in [-0.1, -0.05) is 18.2 Å². The second-order valence-corrected chi connectivity index (χ2v) is 5.92. The maximum Gasteiger partial charge on any atom is 0.245 e. The molecule has 0 bridgehead atoms. The fraction of sp³-hybridized carbons (Fsp3) is 0.357. The first kappa shape index (κ1) is 13.2. The van der Waals surface area contributed by atoms with Crippen molar-refractivity contribution in [2.75, 3.05) is 5.75 Å². The summed E-state index contributed by atoms with van der Waals surface area (Å²) in [6.07, 6.45) is 3.96. The normalized spacial score (nSPS) is 19.1. The lowest BCUT2D eigenvalue weighted by Gasteiger charge is -2.27. The number of carbonyl (C=O) groups excluding carboxylic acids is 1. The Morgan fingerprint density at radius 2 is 2.35 bits per heavy atom. The van der Waals surface area contributed by atoms with E-state index in [2.05, 4.69) is 27.5 Å². The third kappa shape index (κ3) is 2.56. The largest absolute Gasteiger partial charge is 0.347 e. The van der Waals surface area contributed by atoms with Crippen LogP contribution in [0, 0.1) is 0 Å². The van der Waals surface area contributed by atoms with E-state index in [1.165, 1.54) is 16.8 Å². The van der Waals surface area contributed by atoms with Crippen LogP contribution in [0.5, 0.6) is 0 Å². The van der Waals surface area contributed by atoms with Crippen LogP contribution in [0.3, 0.4) is 0 Å². The topological polar surface area (TPSA) is 59.8 Å². The van der Waals surface area contributed by atoms with Gasteiger partial charge in [-0.25, -0.2) is 9.67 Å². The van der Waals surface area contributed by atoms with E-state index in [9.17, 15) is 4.79 Å². The molecule has 0 unspecified atom stereocenters. The average molecular weight is 288 g/mol. The number of hydrogen-bond acceptors (Lipinski definition) is 4. The van der Waals surface area contributed by atoms with Crippen LogP contribution in [0.1, 0.15) is 31.0 Å². The molecule has 6 heteroatoms. The molecule has 0 radical (unpaired) electrons. The standard InChI is InChI=1S/C14H16N4OS/c1-10(18-9-15-8-16-18)14(19)17-12-6-7-20-13-5-3-2-4-11(12)13/h2-5,8-10,12H,6-7H2,1H3,(H,17,19)/t10-,12-/m0/s1. The van der Waals surface area contributed by atoms with E-state index in [-0.39, 0.29) is 18.0 Å². The number of nitrogens with one attached hydrogen (secondary N) is 1. The minimum Gasteiger partial charge on any atom is -0.347 e. The predicted octanol–water partition coefficient (Wildman–Crippen LogP) is 2.19. The smallest absolute Gasteiger partial charge is 0.245 e. The molecule has 0 aliphatic carbocycles. The Morgan fingerprint density at radius 1 is 1.50 bits per heavy atom. The van der Waals surface area contributed by atoms with Crippen LogP contribution in [0.25, 0.3) is 0 Å². The van der Waals surface area contributed by atoms with Crippen LogP contribution in [-0.2, 0) is 4.79 Å². The molecule has 20 heavy (non-hydrogen) atoms. The Morgan fingerprint density at radius 3 is 3.15 bits per heavy atom. The SMILES string of the molecule is C[C@@H](C(=O)N[C@H]1CCSc2ccccc21)n1cncn1. The molecule has 1 amide bonds. The first-order valence-corrected chi connectivity index (χ1v) is 7.60. The molecule has 1 aliphatic heterocycles. The van der Waals surface area contributed by atoms with Crippen LogP contribution in [0.2, 0.25) is 0 Å². The monoisotopic (exact) mass is 288 g/mol. The van der Waals surface area contributed by atoms with E-state index < -0.39 is 0 Å². The lowest BCUT2D eigenvalue weighted by molar-refractivity contribution is -0.125. The summed E-state index contributed by atoms with van der Waals surface area (Å²) in [5.41, 5.74) is 1.21. The molecule has 1 N–H and O–H groups in total. The summed E-state index contributed by atoms with van der Waals surface area (Å²) < 4.78 is 1.57. The average Bonchev–Trinajstić information content (AvgIpc) is 3.01. The van der Waals surface area contributed by atoms with Crippen molar-refractivity contribution in [2.45, 2.75) is 30.3 Å². The van der Waals surface area contributed by atoms with Crippen molar-refractivity contribution in [3.63, 3.8) is 0 Å². The number of amides is 1. The van der Waals surface area contributed by atoms with Crippen molar-refractivity contribution >= 4 is 17.7 Å².